The van der Waals surface area contributed by atoms with Gasteiger partial charge in [-0.2, -0.15) is 0 Å². The molecule has 0 saturated carbocycles. The maximum absolute atomic E-state index is 10.2. The van der Waals surface area contributed by atoms with Crippen molar-refractivity contribution in [2.75, 3.05) is 19.8 Å². The molecule has 0 aliphatic rings. The zero-order chi connectivity index (χ0) is 48.9. The summed E-state index contributed by atoms with van der Waals surface area (Å²) in [5.74, 6) is 0. The molecule has 0 aromatic rings. The molecule has 0 aromatic heterocycles. The molecule has 0 aliphatic carbocycles. The minimum absolute atomic E-state index is 0. The van der Waals surface area contributed by atoms with Gasteiger partial charge in [0.15, 0.2) is 0 Å². The van der Waals surface area contributed by atoms with Crippen molar-refractivity contribution >= 4 is 24.8 Å². The van der Waals surface area contributed by atoms with Crippen LogP contribution in [0.5, 0.6) is 0 Å². The summed E-state index contributed by atoms with van der Waals surface area (Å²) in [5.41, 5.74) is 0. The minimum Gasteiger partial charge on any atom is -0.781 e. The molecule has 402 valence electrons. The van der Waals surface area contributed by atoms with Crippen LogP contribution in [0.15, 0.2) is 36.5 Å². The molecular weight excluding hydrogens is 944 g/mol. The molecule has 0 aliphatic heterocycles. The molecule has 0 N–H and O–H groups in total. The standard InChI is InChI=1S/3C18H37O3P.Co/c3*1-2-3-4-5-6-7-8-9-10-11-12-13-14-15-16-17-18-21-22(19)20;/h3*9-10,22H,2-8,11-18H2,1H3,(H,19,20);/q;;;+3/p-3/b3*10-9-;. The van der Waals surface area contributed by atoms with Gasteiger partial charge in [0.25, 0.3) is 0 Å². The van der Waals surface area contributed by atoms with E-state index in [1.165, 1.54) is 231 Å². The number of unbranched alkanes of at least 4 members (excludes halogenated alkanes) is 36. The molecule has 0 saturated heterocycles. The van der Waals surface area contributed by atoms with Gasteiger partial charge in [0, 0.05) is 0 Å². The molecule has 0 radical (unpaired) electrons. The molecule has 9 nitrogen and oxygen atoms in total. The molecule has 13 heteroatoms. The molecule has 0 amide bonds. The molecule has 0 rings (SSSR count). The molecule has 0 spiro atoms. The minimum atomic E-state index is -2.96. The maximum Gasteiger partial charge on any atom is 3.00 e. The summed E-state index contributed by atoms with van der Waals surface area (Å²) in [6.45, 7) is 7.87. The Morgan fingerprint density at radius 1 is 0.269 bits per heavy atom. The average Bonchev–Trinajstić information content (AvgIpc) is 3.29. The van der Waals surface area contributed by atoms with Gasteiger partial charge in [0.2, 0.25) is 0 Å². The predicted molar refractivity (Wildman–Crippen MR) is 283 cm³/mol. The van der Waals surface area contributed by atoms with E-state index in [4.69, 9.17) is 0 Å². The normalized spacial score (nSPS) is 12.8. The second-order valence-corrected chi connectivity index (χ2v) is 20.5. The quantitative estimate of drug-likeness (QED) is 0.0330. The molecule has 0 aromatic carbocycles. The summed E-state index contributed by atoms with van der Waals surface area (Å²) >= 11 is 0. The molecule has 0 heterocycles. The van der Waals surface area contributed by atoms with Gasteiger partial charge >= 0.3 is 16.8 Å². The van der Waals surface area contributed by atoms with Crippen molar-refractivity contribution in [3.8, 4) is 0 Å². The fraction of sp³-hybridized carbons (Fsp3) is 0.889. The first kappa shape index (κ1) is 73.7. The first-order valence-electron chi connectivity index (χ1n) is 27.8. The van der Waals surface area contributed by atoms with Crippen molar-refractivity contribution < 1.29 is 58.7 Å². The van der Waals surface area contributed by atoms with Crippen molar-refractivity contribution in [1.82, 2.24) is 0 Å². The zero-order valence-electron chi connectivity index (χ0n) is 43.8. The van der Waals surface area contributed by atoms with Crippen molar-refractivity contribution in [2.24, 2.45) is 0 Å². The second-order valence-electron chi connectivity index (χ2n) is 18.1. The van der Waals surface area contributed by atoms with Crippen molar-refractivity contribution in [3.63, 3.8) is 0 Å². The van der Waals surface area contributed by atoms with E-state index < -0.39 is 24.8 Å². The summed E-state index contributed by atoms with van der Waals surface area (Å²) in [6, 6.07) is 0. The fourth-order valence-electron chi connectivity index (χ4n) is 7.52. The van der Waals surface area contributed by atoms with Crippen molar-refractivity contribution in [3.05, 3.63) is 36.5 Å². The average molecular weight is 1050 g/mol. The molecule has 0 fully saturated rings. The van der Waals surface area contributed by atoms with Crippen LogP contribution >= 0.6 is 24.8 Å². The van der Waals surface area contributed by atoms with E-state index >= 15 is 0 Å². The van der Waals surface area contributed by atoms with E-state index in [2.05, 4.69) is 70.8 Å². The van der Waals surface area contributed by atoms with E-state index in [-0.39, 0.29) is 16.8 Å². The Hall–Kier alpha value is 0.176. The molecule has 67 heavy (non-hydrogen) atoms. The predicted octanol–water partition coefficient (Wildman–Crippen LogP) is 17.4. The summed E-state index contributed by atoms with van der Waals surface area (Å²) in [7, 11) is -8.89. The zero-order valence-corrected chi connectivity index (χ0v) is 47.8. The third-order valence-corrected chi connectivity index (χ3v) is 12.9. The number of allylic oxidation sites excluding steroid dienone is 6. The van der Waals surface area contributed by atoms with E-state index in [1.54, 1.807) is 0 Å². The number of hydrogen-bond donors (Lipinski definition) is 0. The molecule has 0 bridgehead atoms. The van der Waals surface area contributed by atoms with Crippen LogP contribution in [-0.2, 0) is 44.0 Å². The van der Waals surface area contributed by atoms with Gasteiger partial charge in [-0.05, 0) is 96.3 Å². The van der Waals surface area contributed by atoms with Crippen LogP contribution in [0.4, 0.5) is 0 Å². The Morgan fingerprint density at radius 3 is 0.582 bits per heavy atom. The first-order valence-corrected chi connectivity index (χ1v) is 31.4. The van der Waals surface area contributed by atoms with Crippen LogP contribution in [0.1, 0.15) is 290 Å². The Kier molecular flexibility index (Phi) is 77.5. The summed E-state index contributed by atoms with van der Waals surface area (Å²) in [5, 5.41) is 0. The van der Waals surface area contributed by atoms with E-state index in [1.807, 2.05) is 0 Å². The van der Waals surface area contributed by atoms with Crippen LogP contribution in [0.25, 0.3) is 0 Å². The number of hydrogen-bond acceptors (Lipinski definition) is 9. The SMILES string of the molecule is CCCCCCCC/C=C\CCCCCCCCO[PH](=O)[O-].CCCCCCCC/C=C\CCCCCCCCO[PH](=O)[O-].CCCCCCCC/C=C\CCCCCCCCO[PH](=O)[O-].[Co+3]. The largest absolute Gasteiger partial charge is 3.00 e. The third kappa shape index (κ3) is 83.4. The van der Waals surface area contributed by atoms with Gasteiger partial charge in [0.1, 0.15) is 24.8 Å². The molecule has 3 unspecified atom stereocenters. The molecule has 3 atom stereocenters. The smallest absolute Gasteiger partial charge is 0.781 e. The van der Waals surface area contributed by atoms with E-state index in [0.717, 1.165) is 38.5 Å². The Balaban J connectivity index is -0.000000441. The van der Waals surface area contributed by atoms with Gasteiger partial charge in [-0.15, -0.1) is 0 Å². The van der Waals surface area contributed by atoms with Crippen LogP contribution in [0.2, 0.25) is 0 Å². The van der Waals surface area contributed by atoms with Gasteiger partial charge in [-0.3, -0.25) is 0 Å². The van der Waals surface area contributed by atoms with Gasteiger partial charge in [-0.25, -0.2) is 0 Å². The summed E-state index contributed by atoms with van der Waals surface area (Å²) in [6.07, 6.45) is 66.9. The van der Waals surface area contributed by atoms with Gasteiger partial charge in [-0.1, -0.05) is 231 Å². The Bertz CT molecular complexity index is 937. The molecular formula is C54H108CoO9P3. The van der Waals surface area contributed by atoms with Gasteiger partial charge < -0.3 is 41.9 Å². The van der Waals surface area contributed by atoms with Crippen LogP contribution in [-0.4, -0.2) is 19.8 Å². The maximum atomic E-state index is 10.2. The van der Waals surface area contributed by atoms with Crippen molar-refractivity contribution in [2.45, 2.75) is 290 Å². The summed E-state index contributed by atoms with van der Waals surface area (Å²) in [4.78, 5) is 30.6. The van der Waals surface area contributed by atoms with Gasteiger partial charge in [0.05, 0.1) is 19.8 Å². The van der Waals surface area contributed by atoms with Crippen LogP contribution in [0, 0.1) is 0 Å². The Morgan fingerprint density at radius 2 is 0.418 bits per heavy atom. The fourth-order valence-corrected chi connectivity index (χ4v) is 8.45. The first-order chi connectivity index (χ1) is 32.3. The number of rotatable bonds is 51. The topological polar surface area (TPSA) is 148 Å². The van der Waals surface area contributed by atoms with Crippen LogP contribution in [0.3, 0.4) is 0 Å². The van der Waals surface area contributed by atoms with Crippen LogP contribution < -0.4 is 14.7 Å². The van der Waals surface area contributed by atoms with E-state index in [9.17, 15) is 28.4 Å². The monoisotopic (exact) mass is 1050 g/mol. The third-order valence-electron chi connectivity index (χ3n) is 11.6. The summed E-state index contributed by atoms with van der Waals surface area (Å²) < 4.78 is 44.2. The Labute approximate surface area is 428 Å². The second kappa shape index (κ2) is 70.4. The van der Waals surface area contributed by atoms with E-state index in [0.29, 0.717) is 19.8 Å². The van der Waals surface area contributed by atoms with Crippen molar-refractivity contribution in [1.29, 1.82) is 0 Å².